The number of hydrogen-bond acceptors (Lipinski definition) is 2. The van der Waals surface area contributed by atoms with Gasteiger partial charge < -0.3 is 9.52 Å². The third kappa shape index (κ3) is 10.6. The molecule has 1 rings (SSSR count). The maximum atomic E-state index is 8.71. The summed E-state index contributed by atoms with van der Waals surface area (Å²) >= 11 is 0. The summed E-state index contributed by atoms with van der Waals surface area (Å²) in [6, 6.07) is 3.86. The smallest absolute Gasteiger partial charge is 0.177 e. The van der Waals surface area contributed by atoms with Crippen molar-refractivity contribution < 1.29 is 9.52 Å². The standard InChI is InChI=1S/C21H30O2/c1-2-3-4-5-6-7-8-9-12-15-20-17-18-21(23-20)16-13-10-11-14-19-22/h6-7,13,16-18,22H,2-5,8-11,14,19H2,1H3. The molecule has 0 bridgehead atoms. The zero-order chi connectivity index (χ0) is 16.6. The highest BCUT2D eigenvalue weighted by atomic mass is 16.3. The molecule has 0 aliphatic rings. The maximum absolute atomic E-state index is 8.71. The van der Waals surface area contributed by atoms with Crippen molar-refractivity contribution in [3.63, 3.8) is 0 Å². The average Bonchev–Trinajstić information content (AvgIpc) is 3.01. The Morgan fingerprint density at radius 1 is 1.00 bits per heavy atom. The predicted molar refractivity (Wildman–Crippen MR) is 98.1 cm³/mol. The van der Waals surface area contributed by atoms with Crippen molar-refractivity contribution >= 4 is 6.08 Å². The van der Waals surface area contributed by atoms with Gasteiger partial charge in [0.25, 0.3) is 0 Å². The van der Waals surface area contributed by atoms with E-state index in [1.807, 2.05) is 18.2 Å². The number of aliphatic hydroxyl groups excluding tert-OH is 1. The second-order valence-electron chi connectivity index (χ2n) is 5.63. The summed E-state index contributed by atoms with van der Waals surface area (Å²) in [7, 11) is 0. The van der Waals surface area contributed by atoms with E-state index in [1.165, 1.54) is 25.7 Å². The molecule has 0 amide bonds. The molecule has 1 heterocycles. The Bertz CT molecular complexity index is 511. The van der Waals surface area contributed by atoms with Gasteiger partial charge in [-0.3, -0.25) is 0 Å². The fourth-order valence-electron chi connectivity index (χ4n) is 2.14. The van der Waals surface area contributed by atoms with Crippen LogP contribution in [0.1, 0.15) is 76.2 Å². The molecule has 1 N–H and O–H groups in total. The molecule has 0 aliphatic heterocycles. The number of rotatable bonds is 11. The first-order chi connectivity index (χ1) is 11.4. The minimum atomic E-state index is 0.266. The lowest BCUT2D eigenvalue weighted by molar-refractivity contribution is 0.285. The average molecular weight is 314 g/mol. The molecule has 1 aromatic rings. The molecule has 1 aromatic heterocycles. The fraction of sp³-hybridized carbons (Fsp3) is 0.524. The second kappa shape index (κ2) is 13.9. The van der Waals surface area contributed by atoms with E-state index in [9.17, 15) is 0 Å². The largest absolute Gasteiger partial charge is 0.448 e. The van der Waals surface area contributed by atoms with Crippen LogP contribution < -0.4 is 0 Å². The molecule has 0 saturated heterocycles. The van der Waals surface area contributed by atoms with E-state index in [0.29, 0.717) is 0 Å². The predicted octanol–water partition coefficient (Wildman–Crippen LogP) is 5.72. The Hall–Kier alpha value is -1.72. The molecule has 0 unspecified atom stereocenters. The van der Waals surface area contributed by atoms with Gasteiger partial charge in [0.1, 0.15) is 5.76 Å². The van der Waals surface area contributed by atoms with Crippen LogP contribution in [-0.2, 0) is 0 Å². The van der Waals surface area contributed by atoms with Crippen molar-refractivity contribution in [3.8, 4) is 11.8 Å². The van der Waals surface area contributed by atoms with Gasteiger partial charge in [-0.05, 0) is 62.7 Å². The molecule has 0 spiro atoms. The minimum absolute atomic E-state index is 0.266. The maximum Gasteiger partial charge on any atom is 0.177 e. The van der Waals surface area contributed by atoms with Crippen LogP contribution in [-0.4, -0.2) is 11.7 Å². The summed E-state index contributed by atoms with van der Waals surface area (Å²) in [5.41, 5.74) is 0. The monoisotopic (exact) mass is 314 g/mol. The topological polar surface area (TPSA) is 33.4 Å². The van der Waals surface area contributed by atoms with Gasteiger partial charge in [0, 0.05) is 13.0 Å². The van der Waals surface area contributed by atoms with Crippen LogP contribution in [0.5, 0.6) is 0 Å². The highest BCUT2D eigenvalue weighted by molar-refractivity contribution is 5.44. The van der Waals surface area contributed by atoms with E-state index in [4.69, 9.17) is 9.52 Å². The van der Waals surface area contributed by atoms with Crippen LogP contribution in [0, 0.1) is 11.8 Å². The van der Waals surface area contributed by atoms with Gasteiger partial charge in [-0.2, -0.15) is 0 Å². The van der Waals surface area contributed by atoms with Gasteiger partial charge in [-0.1, -0.05) is 43.9 Å². The van der Waals surface area contributed by atoms with Gasteiger partial charge in [0.05, 0.1) is 0 Å². The fourth-order valence-corrected chi connectivity index (χ4v) is 2.14. The van der Waals surface area contributed by atoms with E-state index < -0.39 is 0 Å². The molecular formula is C21H30O2. The molecule has 0 radical (unpaired) electrons. The molecule has 126 valence electrons. The van der Waals surface area contributed by atoms with E-state index >= 15 is 0 Å². The van der Waals surface area contributed by atoms with Gasteiger partial charge in [-0.15, -0.1) is 0 Å². The lowest BCUT2D eigenvalue weighted by Crippen LogP contribution is -1.79. The Labute approximate surface area is 141 Å². The first kappa shape index (κ1) is 19.3. The first-order valence-electron chi connectivity index (χ1n) is 8.88. The zero-order valence-electron chi connectivity index (χ0n) is 14.4. The Balaban J connectivity index is 2.20. The van der Waals surface area contributed by atoms with Gasteiger partial charge in [0.15, 0.2) is 5.76 Å². The van der Waals surface area contributed by atoms with Crippen LogP contribution >= 0.6 is 0 Å². The van der Waals surface area contributed by atoms with Crippen LogP contribution in [0.2, 0.25) is 0 Å². The molecule has 23 heavy (non-hydrogen) atoms. The van der Waals surface area contributed by atoms with Gasteiger partial charge in [0.2, 0.25) is 0 Å². The summed E-state index contributed by atoms with van der Waals surface area (Å²) in [6.07, 6.45) is 18.3. The summed E-state index contributed by atoms with van der Waals surface area (Å²) < 4.78 is 5.63. The summed E-state index contributed by atoms with van der Waals surface area (Å²) in [6.45, 7) is 2.49. The highest BCUT2D eigenvalue weighted by Gasteiger charge is 1.94. The first-order valence-corrected chi connectivity index (χ1v) is 8.88. The normalized spacial score (nSPS) is 11.2. The highest BCUT2D eigenvalue weighted by Crippen LogP contribution is 2.10. The lowest BCUT2D eigenvalue weighted by atomic mass is 10.2. The Morgan fingerprint density at radius 3 is 2.61 bits per heavy atom. The number of allylic oxidation sites excluding steroid dienone is 3. The number of hydrogen-bond donors (Lipinski definition) is 1. The van der Waals surface area contributed by atoms with Crippen LogP contribution in [0.3, 0.4) is 0 Å². The summed E-state index contributed by atoms with van der Waals surface area (Å²) in [5.74, 6) is 7.79. The van der Waals surface area contributed by atoms with Crippen molar-refractivity contribution in [2.24, 2.45) is 0 Å². The summed E-state index contributed by atoms with van der Waals surface area (Å²) in [5, 5.41) is 8.71. The van der Waals surface area contributed by atoms with E-state index in [1.54, 1.807) is 0 Å². The number of furan rings is 1. The number of aliphatic hydroxyl groups is 1. The molecule has 2 nitrogen and oxygen atoms in total. The van der Waals surface area contributed by atoms with Gasteiger partial charge >= 0.3 is 0 Å². The third-order valence-electron chi connectivity index (χ3n) is 3.48. The van der Waals surface area contributed by atoms with Crippen molar-refractivity contribution in [3.05, 3.63) is 41.9 Å². The molecule has 0 fully saturated rings. The SMILES string of the molecule is CCCCCC=CCCC#Cc1ccc(C=CCCCCO)o1. The second-order valence-corrected chi connectivity index (χ2v) is 5.63. The van der Waals surface area contributed by atoms with Crippen LogP contribution in [0.25, 0.3) is 6.08 Å². The van der Waals surface area contributed by atoms with E-state index in [2.05, 4.69) is 37.0 Å². The molecule has 0 aromatic carbocycles. The quantitative estimate of drug-likeness (QED) is 0.322. The van der Waals surface area contributed by atoms with Crippen molar-refractivity contribution in [2.75, 3.05) is 6.61 Å². The lowest BCUT2D eigenvalue weighted by Gasteiger charge is -1.91. The van der Waals surface area contributed by atoms with Crippen molar-refractivity contribution in [2.45, 2.75) is 64.7 Å². The molecule has 0 atom stereocenters. The molecule has 0 aliphatic carbocycles. The van der Waals surface area contributed by atoms with Crippen molar-refractivity contribution in [1.82, 2.24) is 0 Å². The van der Waals surface area contributed by atoms with E-state index in [0.717, 1.165) is 43.6 Å². The van der Waals surface area contributed by atoms with Gasteiger partial charge in [-0.25, -0.2) is 0 Å². The molecule has 0 saturated carbocycles. The third-order valence-corrected chi connectivity index (χ3v) is 3.48. The Morgan fingerprint density at radius 2 is 1.78 bits per heavy atom. The van der Waals surface area contributed by atoms with E-state index in [-0.39, 0.29) is 6.61 Å². The van der Waals surface area contributed by atoms with Crippen LogP contribution in [0.4, 0.5) is 0 Å². The molecule has 2 heteroatoms. The zero-order valence-corrected chi connectivity index (χ0v) is 14.4. The van der Waals surface area contributed by atoms with Crippen molar-refractivity contribution in [1.29, 1.82) is 0 Å². The Kier molecular flexibility index (Phi) is 11.7. The summed E-state index contributed by atoms with van der Waals surface area (Å²) in [4.78, 5) is 0. The van der Waals surface area contributed by atoms with Crippen LogP contribution in [0.15, 0.2) is 34.8 Å². The minimum Gasteiger partial charge on any atom is -0.448 e. The molecular weight excluding hydrogens is 284 g/mol. The number of unbranched alkanes of at least 4 members (excludes halogenated alkanes) is 6.